The number of benzene rings is 1. The van der Waals surface area contributed by atoms with Gasteiger partial charge in [-0.1, -0.05) is 24.6 Å². The number of ether oxygens (including phenoxy) is 1. The van der Waals surface area contributed by atoms with Gasteiger partial charge in [0.15, 0.2) is 0 Å². The van der Waals surface area contributed by atoms with Crippen LogP contribution in [-0.4, -0.2) is 24.5 Å². The number of carbonyl (C=O) groups is 2. The van der Waals surface area contributed by atoms with E-state index in [2.05, 4.69) is 5.32 Å². The van der Waals surface area contributed by atoms with Crippen LogP contribution >= 0.6 is 0 Å². The van der Waals surface area contributed by atoms with Crippen molar-refractivity contribution in [3.05, 3.63) is 29.8 Å². The molecule has 1 aromatic rings. The van der Waals surface area contributed by atoms with Crippen molar-refractivity contribution in [3.8, 4) is 5.75 Å². The maximum absolute atomic E-state index is 12.4. The molecule has 20 heavy (non-hydrogen) atoms. The van der Waals surface area contributed by atoms with Gasteiger partial charge in [0.05, 0.1) is 5.92 Å². The lowest BCUT2D eigenvalue weighted by Crippen LogP contribution is -2.44. The van der Waals surface area contributed by atoms with E-state index in [1.807, 2.05) is 24.3 Å². The molecule has 2 aliphatic rings. The molecule has 0 saturated heterocycles. The molecule has 1 saturated carbocycles. The first-order chi connectivity index (χ1) is 9.66. The Balaban J connectivity index is 1.70. The normalized spacial score (nSPS) is 27.7. The third kappa shape index (κ3) is 2.24. The van der Waals surface area contributed by atoms with Crippen LogP contribution in [0.25, 0.3) is 0 Å². The Hall–Kier alpha value is -2.04. The highest BCUT2D eigenvalue weighted by molar-refractivity contribution is 5.87. The molecular weight excluding hydrogens is 256 g/mol. The molecule has 1 heterocycles. The van der Waals surface area contributed by atoms with Crippen LogP contribution < -0.4 is 15.8 Å². The summed E-state index contributed by atoms with van der Waals surface area (Å²) >= 11 is 0. The lowest BCUT2D eigenvalue weighted by Gasteiger charge is -2.20. The van der Waals surface area contributed by atoms with E-state index in [0.717, 1.165) is 30.6 Å². The molecule has 1 aliphatic heterocycles. The SMILES string of the molecule is NC(=O)[C@@H]1CCC[C@H]1NC(=O)[C@@H]1COc2ccccc21. The molecular formula is C15H18N2O3. The Morgan fingerprint density at radius 3 is 2.85 bits per heavy atom. The smallest absolute Gasteiger partial charge is 0.231 e. The molecule has 5 heteroatoms. The number of primary amides is 1. The van der Waals surface area contributed by atoms with Crippen LogP contribution in [0.1, 0.15) is 30.7 Å². The van der Waals surface area contributed by atoms with Crippen LogP contribution in [0.5, 0.6) is 5.75 Å². The van der Waals surface area contributed by atoms with Gasteiger partial charge >= 0.3 is 0 Å². The topological polar surface area (TPSA) is 81.4 Å². The third-order valence-corrected chi connectivity index (χ3v) is 4.23. The summed E-state index contributed by atoms with van der Waals surface area (Å²) in [4.78, 5) is 23.7. The highest BCUT2D eigenvalue weighted by Crippen LogP contribution is 2.34. The van der Waals surface area contributed by atoms with E-state index in [-0.39, 0.29) is 29.7 Å². The number of hydrogen-bond acceptors (Lipinski definition) is 3. The van der Waals surface area contributed by atoms with Gasteiger partial charge in [-0.3, -0.25) is 9.59 Å². The number of nitrogens with two attached hydrogens (primary N) is 1. The monoisotopic (exact) mass is 274 g/mol. The van der Waals surface area contributed by atoms with Crippen molar-refractivity contribution in [3.63, 3.8) is 0 Å². The van der Waals surface area contributed by atoms with Crippen molar-refractivity contribution in [2.24, 2.45) is 11.7 Å². The first-order valence-corrected chi connectivity index (χ1v) is 6.98. The summed E-state index contributed by atoms with van der Waals surface area (Å²) in [6, 6.07) is 7.43. The molecule has 0 radical (unpaired) electrons. The lowest BCUT2D eigenvalue weighted by atomic mass is 9.98. The highest BCUT2D eigenvalue weighted by atomic mass is 16.5. The van der Waals surface area contributed by atoms with Crippen molar-refractivity contribution >= 4 is 11.8 Å². The molecule has 1 fully saturated rings. The number of para-hydroxylation sites is 1. The van der Waals surface area contributed by atoms with Gasteiger partial charge in [0.2, 0.25) is 11.8 Å². The van der Waals surface area contributed by atoms with Crippen molar-refractivity contribution < 1.29 is 14.3 Å². The van der Waals surface area contributed by atoms with Gasteiger partial charge in [0, 0.05) is 11.6 Å². The molecule has 3 N–H and O–H groups in total. The van der Waals surface area contributed by atoms with Gasteiger partial charge in [-0.2, -0.15) is 0 Å². The molecule has 3 atom stereocenters. The maximum Gasteiger partial charge on any atom is 0.231 e. The van der Waals surface area contributed by atoms with E-state index in [1.54, 1.807) is 0 Å². The second-order valence-electron chi connectivity index (χ2n) is 5.46. The van der Waals surface area contributed by atoms with E-state index in [4.69, 9.17) is 10.5 Å². The van der Waals surface area contributed by atoms with E-state index in [1.165, 1.54) is 0 Å². The Labute approximate surface area is 117 Å². The Bertz CT molecular complexity index is 544. The minimum Gasteiger partial charge on any atom is -0.492 e. The van der Waals surface area contributed by atoms with Crippen LogP contribution in [0.15, 0.2) is 24.3 Å². The minimum absolute atomic E-state index is 0.0758. The molecule has 0 bridgehead atoms. The fourth-order valence-corrected chi connectivity index (χ4v) is 3.14. The average Bonchev–Trinajstić information content (AvgIpc) is 3.04. The summed E-state index contributed by atoms with van der Waals surface area (Å²) in [7, 11) is 0. The Morgan fingerprint density at radius 2 is 2.05 bits per heavy atom. The Morgan fingerprint density at radius 1 is 1.25 bits per heavy atom. The molecule has 106 valence electrons. The van der Waals surface area contributed by atoms with E-state index in [0.29, 0.717) is 6.61 Å². The summed E-state index contributed by atoms with van der Waals surface area (Å²) in [6.07, 6.45) is 2.50. The van der Waals surface area contributed by atoms with Crippen LogP contribution in [0.4, 0.5) is 0 Å². The molecule has 3 rings (SSSR count). The van der Waals surface area contributed by atoms with Gasteiger partial charge in [0.25, 0.3) is 0 Å². The number of nitrogens with one attached hydrogen (secondary N) is 1. The summed E-state index contributed by atoms with van der Waals surface area (Å²) in [5.74, 6) is -0.161. The first-order valence-electron chi connectivity index (χ1n) is 6.98. The number of amides is 2. The second kappa shape index (κ2) is 5.15. The van der Waals surface area contributed by atoms with Gasteiger partial charge in [-0.25, -0.2) is 0 Å². The van der Waals surface area contributed by atoms with Crippen molar-refractivity contribution in [2.75, 3.05) is 6.61 Å². The molecule has 0 unspecified atom stereocenters. The summed E-state index contributed by atoms with van der Waals surface area (Å²) < 4.78 is 5.52. The highest BCUT2D eigenvalue weighted by Gasteiger charge is 2.36. The van der Waals surface area contributed by atoms with Gasteiger partial charge in [0.1, 0.15) is 18.3 Å². The molecule has 1 aromatic carbocycles. The molecule has 1 aliphatic carbocycles. The molecule has 2 amide bonds. The van der Waals surface area contributed by atoms with E-state index >= 15 is 0 Å². The van der Waals surface area contributed by atoms with Crippen LogP contribution in [0, 0.1) is 5.92 Å². The zero-order chi connectivity index (χ0) is 14.1. The van der Waals surface area contributed by atoms with Gasteiger partial charge < -0.3 is 15.8 Å². The van der Waals surface area contributed by atoms with Crippen molar-refractivity contribution in [1.82, 2.24) is 5.32 Å². The third-order valence-electron chi connectivity index (χ3n) is 4.23. The fourth-order valence-electron chi connectivity index (χ4n) is 3.14. The fraction of sp³-hybridized carbons (Fsp3) is 0.467. The van der Waals surface area contributed by atoms with Crippen molar-refractivity contribution in [1.29, 1.82) is 0 Å². The number of rotatable bonds is 3. The average molecular weight is 274 g/mol. The molecule has 0 aromatic heterocycles. The molecule has 0 spiro atoms. The second-order valence-corrected chi connectivity index (χ2v) is 5.46. The van der Waals surface area contributed by atoms with E-state index in [9.17, 15) is 9.59 Å². The van der Waals surface area contributed by atoms with Crippen LogP contribution in [-0.2, 0) is 9.59 Å². The predicted molar refractivity (Wildman–Crippen MR) is 73.1 cm³/mol. The number of fused-ring (bicyclic) bond motifs is 1. The zero-order valence-electron chi connectivity index (χ0n) is 11.2. The van der Waals surface area contributed by atoms with Gasteiger partial charge in [-0.05, 0) is 18.9 Å². The van der Waals surface area contributed by atoms with Crippen LogP contribution in [0.3, 0.4) is 0 Å². The Kier molecular flexibility index (Phi) is 3.34. The number of carbonyl (C=O) groups excluding carboxylic acids is 2. The van der Waals surface area contributed by atoms with Crippen molar-refractivity contribution in [2.45, 2.75) is 31.2 Å². The van der Waals surface area contributed by atoms with Crippen LogP contribution in [0.2, 0.25) is 0 Å². The standard InChI is InChI=1S/C15H18N2O3/c16-14(18)10-5-3-6-12(10)17-15(19)11-8-20-13-7-2-1-4-9(11)13/h1-2,4,7,10-12H,3,5-6,8H2,(H2,16,18)(H,17,19)/t10-,11-,12-/m1/s1. The van der Waals surface area contributed by atoms with E-state index < -0.39 is 0 Å². The largest absolute Gasteiger partial charge is 0.492 e. The van der Waals surface area contributed by atoms with Gasteiger partial charge in [-0.15, -0.1) is 0 Å². The predicted octanol–water partition coefficient (Wildman–Crippen LogP) is 0.933. The lowest BCUT2D eigenvalue weighted by molar-refractivity contribution is -0.125. The minimum atomic E-state index is -0.323. The maximum atomic E-state index is 12.4. The summed E-state index contributed by atoms with van der Waals surface area (Å²) in [5, 5.41) is 2.97. The summed E-state index contributed by atoms with van der Waals surface area (Å²) in [5.41, 5.74) is 6.29. The first kappa shape index (κ1) is 13.0. The summed E-state index contributed by atoms with van der Waals surface area (Å²) in [6.45, 7) is 0.360. The number of hydrogen-bond donors (Lipinski definition) is 2. The zero-order valence-corrected chi connectivity index (χ0v) is 11.2. The quantitative estimate of drug-likeness (QED) is 0.860. The molecule has 5 nitrogen and oxygen atoms in total.